The Kier molecular flexibility index (Phi) is 7.18. The molecular formula is C19H28FNO3. The fourth-order valence-electron chi connectivity index (χ4n) is 3.03. The van der Waals surface area contributed by atoms with Crippen molar-refractivity contribution in [3.05, 3.63) is 35.6 Å². The molecule has 0 spiro atoms. The van der Waals surface area contributed by atoms with E-state index in [1.165, 1.54) is 12.1 Å². The molecule has 1 fully saturated rings. The molecule has 0 aliphatic carbocycles. The van der Waals surface area contributed by atoms with Gasteiger partial charge in [0.2, 0.25) is 5.91 Å². The van der Waals surface area contributed by atoms with Crippen LogP contribution in [0.2, 0.25) is 0 Å². The molecule has 1 aliphatic heterocycles. The number of aliphatic hydroxyl groups is 1. The van der Waals surface area contributed by atoms with E-state index in [9.17, 15) is 14.3 Å². The van der Waals surface area contributed by atoms with Crippen LogP contribution < -0.4 is 0 Å². The summed E-state index contributed by atoms with van der Waals surface area (Å²) in [5.74, 6) is 0.403. The van der Waals surface area contributed by atoms with Gasteiger partial charge in [-0.05, 0) is 42.4 Å². The van der Waals surface area contributed by atoms with Crippen molar-refractivity contribution in [2.75, 3.05) is 26.3 Å². The van der Waals surface area contributed by atoms with Crippen LogP contribution in [0.5, 0.6) is 0 Å². The van der Waals surface area contributed by atoms with E-state index in [-0.39, 0.29) is 17.6 Å². The largest absolute Gasteiger partial charge is 0.388 e. The van der Waals surface area contributed by atoms with Crippen molar-refractivity contribution in [3.8, 4) is 0 Å². The van der Waals surface area contributed by atoms with Gasteiger partial charge in [-0.3, -0.25) is 4.79 Å². The lowest BCUT2D eigenvalue weighted by molar-refractivity contribution is -0.134. The number of rotatable bonds is 7. The first-order valence-electron chi connectivity index (χ1n) is 8.76. The van der Waals surface area contributed by atoms with E-state index in [1.807, 2.05) is 4.90 Å². The molecule has 4 nitrogen and oxygen atoms in total. The number of piperidine rings is 1. The third-order valence-corrected chi connectivity index (χ3v) is 4.46. The third kappa shape index (κ3) is 5.56. The van der Waals surface area contributed by atoms with Gasteiger partial charge in [0.15, 0.2) is 0 Å². The van der Waals surface area contributed by atoms with Gasteiger partial charge in [-0.25, -0.2) is 4.39 Å². The zero-order valence-corrected chi connectivity index (χ0v) is 14.6. The molecule has 1 aromatic rings. The number of carbonyl (C=O) groups is 1. The SMILES string of the molecule is CC(C)COCCC(=O)N1CCC(C(O)c2ccc(F)cc2)CC1. The monoisotopic (exact) mass is 337 g/mol. The molecule has 5 heteroatoms. The predicted octanol–water partition coefficient (Wildman–Crippen LogP) is 3.16. The molecule has 0 aromatic heterocycles. The average Bonchev–Trinajstić information content (AvgIpc) is 2.58. The topological polar surface area (TPSA) is 49.8 Å². The fourth-order valence-corrected chi connectivity index (χ4v) is 3.03. The summed E-state index contributed by atoms with van der Waals surface area (Å²) in [5, 5.41) is 10.4. The first-order valence-corrected chi connectivity index (χ1v) is 8.76. The highest BCUT2D eigenvalue weighted by Crippen LogP contribution is 2.30. The van der Waals surface area contributed by atoms with Crippen molar-refractivity contribution in [2.45, 2.75) is 39.2 Å². The Morgan fingerprint density at radius 3 is 2.50 bits per heavy atom. The van der Waals surface area contributed by atoms with Gasteiger partial charge in [0.05, 0.1) is 19.1 Å². The minimum absolute atomic E-state index is 0.108. The molecule has 1 atom stereocenters. The maximum absolute atomic E-state index is 13.0. The number of nitrogens with zero attached hydrogens (tertiary/aromatic N) is 1. The average molecular weight is 337 g/mol. The Balaban J connectivity index is 1.74. The lowest BCUT2D eigenvalue weighted by Gasteiger charge is -2.34. The molecular weight excluding hydrogens is 309 g/mol. The second-order valence-corrected chi connectivity index (χ2v) is 6.93. The van der Waals surface area contributed by atoms with Gasteiger partial charge in [-0.15, -0.1) is 0 Å². The van der Waals surface area contributed by atoms with Crippen molar-refractivity contribution in [1.82, 2.24) is 4.90 Å². The van der Waals surface area contributed by atoms with Gasteiger partial charge in [0.25, 0.3) is 0 Å². The van der Waals surface area contributed by atoms with Crippen LogP contribution in [0.4, 0.5) is 4.39 Å². The summed E-state index contributed by atoms with van der Waals surface area (Å²) in [4.78, 5) is 14.0. The molecule has 0 radical (unpaired) electrons. The second-order valence-electron chi connectivity index (χ2n) is 6.93. The van der Waals surface area contributed by atoms with Crippen LogP contribution >= 0.6 is 0 Å². The van der Waals surface area contributed by atoms with Crippen molar-refractivity contribution < 1.29 is 19.0 Å². The normalized spacial score (nSPS) is 17.3. The Morgan fingerprint density at radius 1 is 1.29 bits per heavy atom. The smallest absolute Gasteiger partial charge is 0.224 e. The number of carbonyl (C=O) groups excluding carboxylic acids is 1. The Bertz CT molecular complexity index is 510. The fraction of sp³-hybridized carbons (Fsp3) is 0.632. The minimum atomic E-state index is -0.600. The van der Waals surface area contributed by atoms with E-state index < -0.39 is 6.10 Å². The van der Waals surface area contributed by atoms with Crippen molar-refractivity contribution in [3.63, 3.8) is 0 Å². The van der Waals surface area contributed by atoms with E-state index in [0.29, 0.717) is 38.6 Å². The molecule has 1 aliphatic rings. The summed E-state index contributed by atoms with van der Waals surface area (Å²) in [7, 11) is 0. The van der Waals surface area contributed by atoms with Gasteiger partial charge in [-0.1, -0.05) is 26.0 Å². The van der Waals surface area contributed by atoms with Gasteiger partial charge >= 0.3 is 0 Å². The van der Waals surface area contributed by atoms with Crippen LogP contribution in [-0.4, -0.2) is 42.2 Å². The number of ether oxygens (including phenoxy) is 1. The number of likely N-dealkylation sites (tertiary alicyclic amines) is 1. The summed E-state index contributed by atoms with van der Waals surface area (Å²) in [6, 6.07) is 6.00. The molecule has 1 N–H and O–H groups in total. The predicted molar refractivity (Wildman–Crippen MR) is 90.9 cm³/mol. The van der Waals surface area contributed by atoms with Crippen molar-refractivity contribution in [2.24, 2.45) is 11.8 Å². The lowest BCUT2D eigenvalue weighted by atomic mass is 9.87. The third-order valence-electron chi connectivity index (χ3n) is 4.46. The number of aliphatic hydroxyl groups excluding tert-OH is 1. The molecule has 1 aromatic carbocycles. The summed E-state index contributed by atoms with van der Waals surface area (Å²) in [6.07, 6.45) is 1.34. The van der Waals surface area contributed by atoms with Crippen LogP contribution in [0.15, 0.2) is 24.3 Å². The van der Waals surface area contributed by atoms with E-state index in [2.05, 4.69) is 13.8 Å². The quantitative estimate of drug-likeness (QED) is 0.778. The number of benzene rings is 1. The highest BCUT2D eigenvalue weighted by Gasteiger charge is 2.28. The van der Waals surface area contributed by atoms with E-state index >= 15 is 0 Å². The summed E-state index contributed by atoms with van der Waals surface area (Å²) >= 11 is 0. The molecule has 0 bridgehead atoms. The lowest BCUT2D eigenvalue weighted by Crippen LogP contribution is -2.40. The van der Waals surface area contributed by atoms with Crippen LogP contribution in [0.25, 0.3) is 0 Å². The molecule has 2 rings (SSSR count). The van der Waals surface area contributed by atoms with E-state index in [0.717, 1.165) is 18.4 Å². The summed E-state index contributed by atoms with van der Waals surface area (Å²) in [5.41, 5.74) is 0.739. The number of hydrogen-bond donors (Lipinski definition) is 1. The van der Waals surface area contributed by atoms with Crippen LogP contribution in [-0.2, 0) is 9.53 Å². The first kappa shape index (κ1) is 18.9. The van der Waals surface area contributed by atoms with Gasteiger partial charge in [0, 0.05) is 19.7 Å². The van der Waals surface area contributed by atoms with Gasteiger partial charge in [0.1, 0.15) is 5.82 Å². The minimum Gasteiger partial charge on any atom is -0.388 e. The van der Waals surface area contributed by atoms with Crippen molar-refractivity contribution >= 4 is 5.91 Å². The van der Waals surface area contributed by atoms with Gasteiger partial charge in [-0.2, -0.15) is 0 Å². The second kappa shape index (κ2) is 9.14. The molecule has 24 heavy (non-hydrogen) atoms. The zero-order chi connectivity index (χ0) is 17.5. The summed E-state index contributed by atoms with van der Waals surface area (Å²) in [6.45, 7) is 6.63. The number of amides is 1. The maximum Gasteiger partial charge on any atom is 0.224 e. The number of halogens is 1. The zero-order valence-electron chi connectivity index (χ0n) is 14.6. The van der Waals surface area contributed by atoms with Crippen molar-refractivity contribution in [1.29, 1.82) is 0 Å². The van der Waals surface area contributed by atoms with Crippen LogP contribution in [0.1, 0.15) is 44.8 Å². The Morgan fingerprint density at radius 2 is 1.92 bits per heavy atom. The van der Waals surface area contributed by atoms with E-state index in [1.54, 1.807) is 12.1 Å². The molecule has 134 valence electrons. The molecule has 0 saturated carbocycles. The summed E-state index contributed by atoms with van der Waals surface area (Å²) < 4.78 is 18.4. The maximum atomic E-state index is 13.0. The molecule has 1 unspecified atom stereocenters. The van der Waals surface area contributed by atoms with Crippen LogP contribution in [0.3, 0.4) is 0 Å². The number of hydrogen-bond acceptors (Lipinski definition) is 3. The standard InChI is InChI=1S/C19H28FNO3/c1-14(2)13-24-12-9-18(22)21-10-7-16(8-11-21)19(23)15-3-5-17(20)6-4-15/h3-6,14,16,19,23H,7-13H2,1-2H3. The van der Waals surface area contributed by atoms with Crippen LogP contribution in [0, 0.1) is 17.7 Å². The Labute approximate surface area is 143 Å². The van der Waals surface area contributed by atoms with E-state index in [4.69, 9.17) is 4.74 Å². The van der Waals surface area contributed by atoms with Gasteiger partial charge < -0.3 is 14.7 Å². The Hall–Kier alpha value is -1.46. The highest BCUT2D eigenvalue weighted by molar-refractivity contribution is 5.76. The molecule has 1 saturated heterocycles. The molecule has 1 amide bonds. The molecule has 1 heterocycles. The first-order chi connectivity index (χ1) is 11.5. The highest BCUT2D eigenvalue weighted by atomic mass is 19.1.